The van der Waals surface area contributed by atoms with Gasteiger partial charge in [0.2, 0.25) is 0 Å². The van der Waals surface area contributed by atoms with Gasteiger partial charge in [0.05, 0.1) is 18.1 Å². The van der Waals surface area contributed by atoms with Crippen LogP contribution in [0.25, 0.3) is 0 Å². The first kappa shape index (κ1) is 12.7. The van der Waals surface area contributed by atoms with E-state index in [2.05, 4.69) is 10.3 Å². The Morgan fingerprint density at radius 2 is 2.17 bits per heavy atom. The average molecular weight is 251 g/mol. The van der Waals surface area contributed by atoms with Gasteiger partial charge in [-0.15, -0.1) is 0 Å². The third-order valence-corrected chi connectivity index (χ3v) is 2.70. The van der Waals surface area contributed by atoms with Crippen LogP contribution in [0.2, 0.25) is 0 Å². The molecule has 0 aliphatic carbocycles. The van der Waals surface area contributed by atoms with Gasteiger partial charge in [-0.2, -0.15) is 0 Å². The molecule has 1 aromatic heterocycles. The van der Waals surface area contributed by atoms with E-state index in [-0.39, 0.29) is 6.04 Å². The highest BCUT2D eigenvalue weighted by Crippen LogP contribution is 2.23. The Balaban J connectivity index is 2.41. The van der Waals surface area contributed by atoms with Gasteiger partial charge in [0.25, 0.3) is 0 Å². The van der Waals surface area contributed by atoms with Crippen molar-refractivity contribution in [1.29, 1.82) is 0 Å². The number of aryl methyl sites for hydroxylation is 1. The van der Waals surface area contributed by atoms with Crippen molar-refractivity contribution in [3.05, 3.63) is 53.6 Å². The lowest BCUT2D eigenvalue weighted by Gasteiger charge is -2.16. The average Bonchev–Trinajstić information content (AvgIpc) is 2.73. The van der Waals surface area contributed by atoms with Crippen LogP contribution < -0.4 is 5.32 Å². The predicted octanol–water partition coefficient (Wildman–Crippen LogP) is 2.40. The molecule has 2 rings (SSSR count). The van der Waals surface area contributed by atoms with Crippen LogP contribution in [-0.4, -0.2) is 16.1 Å². The molecule has 1 unspecified atom stereocenters. The molecule has 0 fully saturated rings. The zero-order valence-electron chi connectivity index (χ0n) is 10.3. The van der Waals surface area contributed by atoms with Gasteiger partial charge in [0.15, 0.2) is 0 Å². The molecule has 0 amide bonds. The molecule has 1 N–H and O–H groups in total. The Bertz CT molecular complexity index is 537. The molecule has 1 heterocycles. The number of aromatic nitrogens is 2. The maximum Gasteiger partial charge on any atom is 0.131 e. The molecule has 3 nitrogen and oxygen atoms in total. The molecule has 0 aliphatic heterocycles. The molecule has 1 atom stereocenters. The summed E-state index contributed by atoms with van der Waals surface area (Å²) >= 11 is 0. The first-order valence-electron chi connectivity index (χ1n) is 5.78. The van der Waals surface area contributed by atoms with Gasteiger partial charge in [-0.05, 0) is 12.6 Å². The lowest BCUT2D eigenvalue weighted by Crippen LogP contribution is -2.23. The number of nitrogens with one attached hydrogen (secondary N) is 1. The lowest BCUT2D eigenvalue weighted by molar-refractivity contribution is 0.536. The highest BCUT2D eigenvalue weighted by atomic mass is 19.1. The molecule has 0 spiro atoms. The highest BCUT2D eigenvalue weighted by molar-refractivity contribution is 5.28. The second-order valence-electron chi connectivity index (χ2n) is 4.12. The van der Waals surface area contributed by atoms with Crippen molar-refractivity contribution in [1.82, 2.24) is 14.9 Å². The molecule has 5 heteroatoms. The molecular weight excluding hydrogens is 236 g/mol. The summed E-state index contributed by atoms with van der Waals surface area (Å²) in [4.78, 5) is 4.21. The van der Waals surface area contributed by atoms with Crippen LogP contribution in [0.1, 0.15) is 24.2 Å². The molecule has 18 heavy (non-hydrogen) atoms. The zero-order chi connectivity index (χ0) is 13.1. The van der Waals surface area contributed by atoms with Crippen LogP contribution in [0.5, 0.6) is 0 Å². The number of halogens is 2. The SMILES string of the molecule is CCNC(c1cn(C)cn1)c1ccc(F)cc1F. The van der Waals surface area contributed by atoms with Crippen LogP contribution in [0.3, 0.4) is 0 Å². The Kier molecular flexibility index (Phi) is 3.72. The highest BCUT2D eigenvalue weighted by Gasteiger charge is 2.19. The normalized spacial score (nSPS) is 12.7. The fourth-order valence-electron chi connectivity index (χ4n) is 1.90. The first-order valence-corrected chi connectivity index (χ1v) is 5.78. The standard InChI is InChI=1S/C13H15F2N3/c1-3-16-13(12-7-18(2)8-17-12)10-5-4-9(14)6-11(10)15/h4-8,13,16H,3H2,1-2H3. The first-order chi connectivity index (χ1) is 8.61. The van der Waals surface area contributed by atoms with Gasteiger partial charge in [-0.3, -0.25) is 0 Å². The van der Waals surface area contributed by atoms with E-state index in [4.69, 9.17) is 0 Å². The minimum atomic E-state index is -0.576. The van der Waals surface area contributed by atoms with Crippen molar-refractivity contribution in [2.24, 2.45) is 7.05 Å². The van der Waals surface area contributed by atoms with Gasteiger partial charge >= 0.3 is 0 Å². The lowest BCUT2D eigenvalue weighted by atomic mass is 10.0. The van der Waals surface area contributed by atoms with E-state index in [1.165, 1.54) is 12.1 Å². The second kappa shape index (κ2) is 5.27. The summed E-state index contributed by atoms with van der Waals surface area (Å²) in [6.07, 6.45) is 3.47. The quantitative estimate of drug-likeness (QED) is 0.904. The number of benzene rings is 1. The number of rotatable bonds is 4. The summed E-state index contributed by atoms with van der Waals surface area (Å²) in [6.45, 7) is 2.59. The molecule has 0 aliphatic rings. The number of imidazole rings is 1. The summed E-state index contributed by atoms with van der Waals surface area (Å²) in [6, 6.07) is 3.23. The fraction of sp³-hybridized carbons (Fsp3) is 0.308. The second-order valence-corrected chi connectivity index (χ2v) is 4.12. The van der Waals surface area contributed by atoms with Crippen LogP contribution in [0.4, 0.5) is 8.78 Å². The maximum atomic E-state index is 13.8. The van der Waals surface area contributed by atoms with E-state index in [0.29, 0.717) is 17.8 Å². The fourth-order valence-corrected chi connectivity index (χ4v) is 1.90. The van der Waals surface area contributed by atoms with Gasteiger partial charge < -0.3 is 9.88 Å². The summed E-state index contributed by atoms with van der Waals surface area (Å²) in [5, 5.41) is 3.15. The Morgan fingerprint density at radius 1 is 1.39 bits per heavy atom. The molecule has 0 saturated carbocycles. The summed E-state index contributed by atoms with van der Waals surface area (Å²) < 4.78 is 28.5. The smallest absolute Gasteiger partial charge is 0.131 e. The minimum absolute atomic E-state index is 0.364. The predicted molar refractivity (Wildman–Crippen MR) is 65.1 cm³/mol. The molecule has 0 radical (unpaired) electrons. The molecule has 0 bridgehead atoms. The van der Waals surface area contributed by atoms with Gasteiger partial charge in [-0.1, -0.05) is 13.0 Å². The molecule has 0 saturated heterocycles. The summed E-state index contributed by atoms with van der Waals surface area (Å²) in [5.41, 5.74) is 1.11. The van der Waals surface area contributed by atoms with E-state index in [0.717, 1.165) is 6.07 Å². The number of hydrogen-bond acceptors (Lipinski definition) is 2. The Morgan fingerprint density at radius 3 is 2.72 bits per heavy atom. The molecule has 1 aromatic carbocycles. The van der Waals surface area contributed by atoms with Crippen molar-refractivity contribution in [3.63, 3.8) is 0 Å². The van der Waals surface area contributed by atoms with Gasteiger partial charge in [0, 0.05) is 24.9 Å². The van der Waals surface area contributed by atoms with Crippen molar-refractivity contribution >= 4 is 0 Å². The van der Waals surface area contributed by atoms with E-state index < -0.39 is 11.6 Å². The summed E-state index contributed by atoms with van der Waals surface area (Å²) in [5.74, 6) is -1.14. The van der Waals surface area contributed by atoms with Crippen molar-refractivity contribution in [2.75, 3.05) is 6.54 Å². The number of nitrogens with zero attached hydrogens (tertiary/aromatic N) is 2. The molecule has 2 aromatic rings. The van der Waals surface area contributed by atoms with Gasteiger partial charge in [-0.25, -0.2) is 13.8 Å². The Hall–Kier alpha value is -1.75. The van der Waals surface area contributed by atoms with Crippen LogP contribution in [0.15, 0.2) is 30.7 Å². The minimum Gasteiger partial charge on any atom is -0.340 e. The van der Waals surface area contributed by atoms with E-state index in [1.54, 1.807) is 10.9 Å². The Labute approximate surface area is 104 Å². The van der Waals surface area contributed by atoms with E-state index in [9.17, 15) is 8.78 Å². The topological polar surface area (TPSA) is 29.9 Å². The zero-order valence-corrected chi connectivity index (χ0v) is 10.3. The monoisotopic (exact) mass is 251 g/mol. The van der Waals surface area contributed by atoms with E-state index >= 15 is 0 Å². The van der Waals surface area contributed by atoms with Gasteiger partial charge in [0.1, 0.15) is 11.6 Å². The van der Waals surface area contributed by atoms with Crippen LogP contribution in [0, 0.1) is 11.6 Å². The largest absolute Gasteiger partial charge is 0.340 e. The number of hydrogen-bond donors (Lipinski definition) is 1. The third kappa shape index (κ3) is 2.56. The molecular formula is C13H15F2N3. The maximum absolute atomic E-state index is 13.8. The summed E-state index contributed by atoms with van der Waals surface area (Å²) in [7, 11) is 1.85. The third-order valence-electron chi connectivity index (χ3n) is 2.70. The van der Waals surface area contributed by atoms with Crippen molar-refractivity contribution in [2.45, 2.75) is 13.0 Å². The van der Waals surface area contributed by atoms with Crippen LogP contribution in [-0.2, 0) is 7.05 Å². The van der Waals surface area contributed by atoms with E-state index in [1.807, 2.05) is 20.2 Å². The van der Waals surface area contributed by atoms with Crippen molar-refractivity contribution in [3.8, 4) is 0 Å². The van der Waals surface area contributed by atoms with Crippen LogP contribution >= 0.6 is 0 Å². The van der Waals surface area contributed by atoms with Crippen molar-refractivity contribution < 1.29 is 8.78 Å². The molecule has 96 valence electrons.